The van der Waals surface area contributed by atoms with Crippen LogP contribution in [0.3, 0.4) is 0 Å². The second-order valence-corrected chi connectivity index (χ2v) is 6.28. The van der Waals surface area contributed by atoms with E-state index in [4.69, 9.17) is 11.6 Å². The maximum Gasteiger partial charge on any atom is 0.238 e. The molecular formula is C15H15ClNO3S-. The van der Waals surface area contributed by atoms with Crippen molar-refractivity contribution in [1.29, 1.82) is 0 Å². The highest BCUT2D eigenvalue weighted by Gasteiger charge is 2.17. The molecule has 0 saturated carbocycles. The molecule has 1 unspecified atom stereocenters. The maximum atomic E-state index is 12.0. The predicted octanol–water partition coefficient (Wildman–Crippen LogP) is 3.50. The summed E-state index contributed by atoms with van der Waals surface area (Å²) in [6.07, 6.45) is 0. The molecule has 0 N–H and O–H groups in total. The minimum Gasteiger partial charge on any atom is -0.805 e. The summed E-state index contributed by atoms with van der Waals surface area (Å²) >= 11 is 6.46. The van der Waals surface area contributed by atoms with E-state index in [1.165, 1.54) is 0 Å². The Bertz CT molecular complexity index is 861. The lowest BCUT2D eigenvalue weighted by molar-refractivity contribution is 0.622. The van der Waals surface area contributed by atoms with Gasteiger partial charge in [0.05, 0.1) is 5.38 Å². The molecule has 0 spiro atoms. The number of rotatable bonds is 2. The molecule has 0 radical (unpaired) electrons. The first-order valence-electron chi connectivity index (χ1n) is 6.36. The summed E-state index contributed by atoms with van der Waals surface area (Å²) in [6.45, 7) is 5.38. The lowest BCUT2D eigenvalue weighted by Crippen LogP contribution is -2.06. The lowest BCUT2D eigenvalue weighted by atomic mass is 9.99. The number of aromatic nitrogens is 1. The number of nitrogens with zero attached hydrogens (tertiary/aromatic N) is 1. The van der Waals surface area contributed by atoms with Crippen LogP contribution in [-0.2, 0) is 10.3 Å². The average molecular weight is 325 g/mol. The number of benzene rings is 1. The zero-order chi connectivity index (χ0) is 15.7. The molecule has 21 heavy (non-hydrogen) atoms. The Morgan fingerprint density at radius 2 is 1.76 bits per heavy atom. The fourth-order valence-corrected chi connectivity index (χ4v) is 3.32. The van der Waals surface area contributed by atoms with E-state index in [1.54, 1.807) is 19.1 Å². The topological polar surface area (TPSA) is 62.1 Å². The highest BCUT2D eigenvalue weighted by Crippen LogP contribution is 2.32. The first-order valence-corrected chi connectivity index (χ1v) is 7.87. The molecule has 0 aliphatic carbocycles. The van der Waals surface area contributed by atoms with Gasteiger partial charge in [-0.25, -0.2) is 0 Å². The van der Waals surface area contributed by atoms with Gasteiger partial charge >= 0.3 is 0 Å². The fourth-order valence-electron chi connectivity index (χ4n) is 2.18. The Balaban J connectivity index is 2.77. The molecule has 4 nitrogen and oxygen atoms in total. The minimum atomic E-state index is -2.65. The van der Waals surface area contributed by atoms with Gasteiger partial charge < -0.3 is 9.94 Å². The van der Waals surface area contributed by atoms with Gasteiger partial charge in [-0.05, 0) is 38.0 Å². The van der Waals surface area contributed by atoms with Gasteiger partial charge in [0, 0.05) is 11.3 Å². The van der Waals surface area contributed by atoms with E-state index in [-0.39, 0.29) is 4.64 Å². The molecule has 1 aromatic carbocycles. The van der Waals surface area contributed by atoms with Crippen LogP contribution >= 0.6 is 11.6 Å². The molecule has 0 fully saturated rings. The number of hydrogen-bond acceptors (Lipinski definition) is 3. The first-order chi connectivity index (χ1) is 9.82. The van der Waals surface area contributed by atoms with Crippen LogP contribution in [0.4, 0.5) is 0 Å². The normalized spacial score (nSPS) is 12.2. The first kappa shape index (κ1) is 15.7. The standard InChI is InChI=1S/C15H15ClNO3S/c1-9-4-5-10(2)13(8-9)14(16)12-7-6-11(3)17(18)15(12)21(19)20/h4-8,14H,1-3H3/q-1. The van der Waals surface area contributed by atoms with Crippen LogP contribution in [0.1, 0.15) is 33.3 Å². The van der Waals surface area contributed by atoms with Crippen molar-refractivity contribution in [2.45, 2.75) is 26.1 Å². The smallest absolute Gasteiger partial charge is 0.238 e. The van der Waals surface area contributed by atoms with Gasteiger partial charge in [-0.15, -0.1) is 11.6 Å². The Kier molecular flexibility index (Phi) is 4.44. The van der Waals surface area contributed by atoms with Crippen LogP contribution in [0.15, 0.2) is 30.3 Å². The Labute approximate surface area is 129 Å². The summed E-state index contributed by atoms with van der Waals surface area (Å²) in [5.41, 5.74) is 3.36. The number of pyridine rings is 1. The third-order valence-corrected chi connectivity index (χ3v) is 4.58. The number of aryl methyl sites for hydroxylation is 3. The van der Waals surface area contributed by atoms with Gasteiger partial charge in [-0.2, -0.15) is 8.42 Å². The molecule has 1 heterocycles. The molecule has 1 atom stereocenters. The van der Waals surface area contributed by atoms with E-state index in [0.717, 1.165) is 16.7 Å². The third kappa shape index (κ3) is 2.99. The second-order valence-electron chi connectivity index (χ2n) is 4.99. The molecule has 0 saturated heterocycles. The Morgan fingerprint density at radius 3 is 2.38 bits per heavy atom. The summed E-state index contributed by atoms with van der Waals surface area (Å²) in [7, 11) is -2.65. The molecule has 2 aromatic rings. The predicted molar refractivity (Wildman–Crippen MR) is 83.7 cm³/mol. The summed E-state index contributed by atoms with van der Waals surface area (Å²) in [5, 5.41) is 11.3. The van der Waals surface area contributed by atoms with Crippen molar-refractivity contribution in [1.82, 2.24) is 4.73 Å². The number of alkyl halides is 1. The molecular weight excluding hydrogens is 310 g/mol. The van der Waals surface area contributed by atoms with Gasteiger partial charge in [0.2, 0.25) is 10.3 Å². The van der Waals surface area contributed by atoms with Crippen LogP contribution < -0.4 is 0 Å². The van der Waals surface area contributed by atoms with Crippen molar-refractivity contribution in [2.24, 2.45) is 0 Å². The molecule has 0 bridgehead atoms. The van der Waals surface area contributed by atoms with Crippen molar-refractivity contribution >= 4 is 21.9 Å². The van der Waals surface area contributed by atoms with Crippen molar-refractivity contribution in [2.75, 3.05) is 0 Å². The van der Waals surface area contributed by atoms with E-state index in [0.29, 0.717) is 16.0 Å². The van der Waals surface area contributed by atoms with E-state index >= 15 is 0 Å². The summed E-state index contributed by atoms with van der Waals surface area (Å²) < 4.78 is 22.9. The van der Waals surface area contributed by atoms with Gasteiger partial charge in [0.15, 0.2) is 4.64 Å². The van der Waals surface area contributed by atoms with Crippen LogP contribution in [0.5, 0.6) is 0 Å². The zero-order valence-electron chi connectivity index (χ0n) is 11.9. The van der Waals surface area contributed by atoms with E-state index in [9.17, 15) is 13.6 Å². The second kappa shape index (κ2) is 5.95. The fraction of sp³-hybridized carbons (Fsp3) is 0.267. The molecule has 6 heteroatoms. The third-order valence-electron chi connectivity index (χ3n) is 3.39. The molecule has 0 aliphatic heterocycles. The van der Waals surface area contributed by atoms with Crippen molar-refractivity contribution in [3.8, 4) is 0 Å². The van der Waals surface area contributed by atoms with Gasteiger partial charge in [0.25, 0.3) is 0 Å². The van der Waals surface area contributed by atoms with Crippen molar-refractivity contribution < 1.29 is 8.42 Å². The minimum absolute atomic E-state index is 0.291. The summed E-state index contributed by atoms with van der Waals surface area (Å²) in [5.74, 6) is 0. The van der Waals surface area contributed by atoms with E-state index in [2.05, 4.69) is 0 Å². The quantitative estimate of drug-likeness (QED) is 0.627. The summed E-state index contributed by atoms with van der Waals surface area (Å²) in [4.78, 5) is 0. The van der Waals surface area contributed by atoms with Gasteiger partial charge in [-0.1, -0.05) is 29.8 Å². The Morgan fingerprint density at radius 1 is 1.10 bits per heavy atom. The molecule has 0 amide bonds. The average Bonchev–Trinajstić information content (AvgIpc) is 2.43. The van der Waals surface area contributed by atoms with E-state index in [1.807, 2.05) is 32.0 Å². The van der Waals surface area contributed by atoms with Gasteiger partial charge in [-0.3, -0.25) is 0 Å². The van der Waals surface area contributed by atoms with Gasteiger partial charge in [0.1, 0.15) is 0 Å². The van der Waals surface area contributed by atoms with Crippen molar-refractivity contribution in [3.63, 3.8) is 0 Å². The molecule has 0 aliphatic rings. The summed E-state index contributed by atoms with van der Waals surface area (Å²) in [6, 6.07) is 8.94. The molecule has 112 valence electrons. The van der Waals surface area contributed by atoms with Crippen LogP contribution in [0, 0.1) is 30.6 Å². The molecule has 2 rings (SSSR count). The number of halogens is 1. The van der Waals surface area contributed by atoms with E-state index < -0.39 is 15.7 Å². The largest absolute Gasteiger partial charge is 0.805 e. The van der Waals surface area contributed by atoms with Crippen LogP contribution in [0.25, 0.3) is 0 Å². The zero-order valence-corrected chi connectivity index (χ0v) is 13.5. The highest BCUT2D eigenvalue weighted by atomic mass is 35.5. The lowest BCUT2D eigenvalue weighted by Gasteiger charge is -2.20. The van der Waals surface area contributed by atoms with Crippen molar-refractivity contribution in [3.05, 3.63) is 68.1 Å². The number of hydrogen-bond donors (Lipinski definition) is 0. The maximum absolute atomic E-state index is 12.0. The van der Waals surface area contributed by atoms with Crippen LogP contribution in [-0.4, -0.2) is 13.1 Å². The molecule has 1 aromatic heterocycles. The SMILES string of the molecule is Cc1ccc(C)c(C(Cl)c2ccc(C)n([O-])c2=S(=O)=O)c1. The Hall–Kier alpha value is -1.72. The van der Waals surface area contributed by atoms with Crippen LogP contribution in [0.2, 0.25) is 0 Å². The highest BCUT2D eigenvalue weighted by molar-refractivity contribution is 7.63. The monoisotopic (exact) mass is 324 g/mol.